The van der Waals surface area contributed by atoms with Gasteiger partial charge in [-0.2, -0.15) is 4.37 Å². The molecule has 1 heterocycles. The Morgan fingerprint density at radius 2 is 2.17 bits per heavy atom. The lowest BCUT2D eigenvalue weighted by molar-refractivity contribution is -0.118. The van der Waals surface area contributed by atoms with Crippen LogP contribution in [0.1, 0.15) is 23.8 Å². The number of benzene rings is 1. The van der Waals surface area contributed by atoms with Gasteiger partial charge in [0.05, 0.1) is 4.70 Å². The molecule has 0 radical (unpaired) electrons. The predicted molar refractivity (Wildman–Crippen MR) is 71.8 cm³/mol. The highest BCUT2D eigenvalue weighted by Crippen LogP contribution is 2.27. The van der Waals surface area contributed by atoms with Gasteiger partial charge < -0.3 is 10.6 Å². The minimum absolute atomic E-state index is 0.0361. The van der Waals surface area contributed by atoms with Gasteiger partial charge in [0.1, 0.15) is 5.69 Å². The molecular formula is C12H13N3O2S. The van der Waals surface area contributed by atoms with E-state index in [1.165, 1.54) is 11.5 Å². The molecule has 18 heavy (non-hydrogen) atoms. The highest BCUT2D eigenvalue weighted by atomic mass is 32.1. The summed E-state index contributed by atoms with van der Waals surface area (Å²) < 4.78 is 4.87. The van der Waals surface area contributed by atoms with Gasteiger partial charge in [-0.3, -0.25) is 9.59 Å². The van der Waals surface area contributed by atoms with Crippen molar-refractivity contribution < 1.29 is 9.59 Å². The van der Waals surface area contributed by atoms with E-state index in [2.05, 4.69) is 4.37 Å². The molecule has 2 N–H and O–H groups in total. The number of nitrogens with two attached hydrogens (primary N) is 1. The van der Waals surface area contributed by atoms with Gasteiger partial charge in [-0.1, -0.05) is 6.92 Å². The SMILES string of the molecule is CCC(=O)N(C)c1ccc2c(C(N)=O)nsc2c1. The molecular weight excluding hydrogens is 250 g/mol. The summed E-state index contributed by atoms with van der Waals surface area (Å²) in [6, 6.07) is 5.40. The molecule has 0 unspecified atom stereocenters. The Morgan fingerprint density at radius 3 is 2.78 bits per heavy atom. The molecule has 0 atom stereocenters. The molecule has 0 bridgehead atoms. The molecule has 2 amide bonds. The second-order valence-electron chi connectivity index (χ2n) is 3.88. The number of hydrogen-bond donors (Lipinski definition) is 1. The molecule has 0 aliphatic carbocycles. The summed E-state index contributed by atoms with van der Waals surface area (Å²) in [6.45, 7) is 1.81. The maximum Gasteiger partial charge on any atom is 0.269 e. The van der Waals surface area contributed by atoms with Crippen molar-refractivity contribution in [3.8, 4) is 0 Å². The fourth-order valence-corrected chi connectivity index (χ4v) is 2.51. The van der Waals surface area contributed by atoms with Crippen LogP contribution in [-0.4, -0.2) is 23.2 Å². The summed E-state index contributed by atoms with van der Waals surface area (Å²) in [4.78, 5) is 24.3. The number of anilines is 1. The normalized spacial score (nSPS) is 10.6. The molecule has 0 saturated carbocycles. The van der Waals surface area contributed by atoms with E-state index in [4.69, 9.17) is 5.73 Å². The standard InChI is InChI=1S/C12H13N3O2S/c1-3-10(16)15(2)7-4-5-8-9(6-7)18-14-11(8)12(13)17/h4-6H,3H2,1-2H3,(H2,13,17). The highest BCUT2D eigenvalue weighted by Gasteiger charge is 2.14. The quantitative estimate of drug-likeness (QED) is 0.916. The van der Waals surface area contributed by atoms with Crippen LogP contribution in [0, 0.1) is 0 Å². The van der Waals surface area contributed by atoms with Crippen LogP contribution in [0.15, 0.2) is 18.2 Å². The summed E-state index contributed by atoms with van der Waals surface area (Å²) >= 11 is 1.20. The summed E-state index contributed by atoms with van der Waals surface area (Å²) in [5.74, 6) is -0.499. The summed E-state index contributed by atoms with van der Waals surface area (Å²) in [5.41, 5.74) is 6.30. The van der Waals surface area contributed by atoms with Gasteiger partial charge in [0.25, 0.3) is 5.91 Å². The molecule has 94 valence electrons. The van der Waals surface area contributed by atoms with Crippen LogP contribution < -0.4 is 10.6 Å². The molecule has 0 saturated heterocycles. The van der Waals surface area contributed by atoms with Crippen molar-refractivity contribution in [2.45, 2.75) is 13.3 Å². The molecule has 0 fully saturated rings. The van der Waals surface area contributed by atoms with Gasteiger partial charge in [0, 0.05) is 24.5 Å². The Bertz CT molecular complexity index is 621. The van der Waals surface area contributed by atoms with E-state index in [-0.39, 0.29) is 11.6 Å². The molecule has 2 aromatic rings. The predicted octanol–water partition coefficient (Wildman–Crippen LogP) is 1.77. The van der Waals surface area contributed by atoms with Crippen molar-refractivity contribution in [2.24, 2.45) is 5.73 Å². The van der Waals surface area contributed by atoms with Crippen molar-refractivity contribution in [2.75, 3.05) is 11.9 Å². The van der Waals surface area contributed by atoms with Crippen molar-refractivity contribution in [3.05, 3.63) is 23.9 Å². The molecule has 1 aromatic carbocycles. The summed E-state index contributed by atoms with van der Waals surface area (Å²) in [5, 5.41) is 0.730. The maximum absolute atomic E-state index is 11.6. The fraction of sp³-hybridized carbons (Fsp3) is 0.250. The van der Waals surface area contributed by atoms with Crippen molar-refractivity contribution in [1.29, 1.82) is 0 Å². The summed E-state index contributed by atoms with van der Waals surface area (Å²) in [7, 11) is 1.73. The van der Waals surface area contributed by atoms with Gasteiger partial charge in [-0.05, 0) is 29.7 Å². The van der Waals surface area contributed by atoms with Crippen LogP contribution in [0.2, 0.25) is 0 Å². The lowest BCUT2D eigenvalue weighted by Crippen LogP contribution is -2.24. The van der Waals surface area contributed by atoms with E-state index < -0.39 is 5.91 Å². The van der Waals surface area contributed by atoms with Gasteiger partial charge in [-0.25, -0.2) is 0 Å². The van der Waals surface area contributed by atoms with E-state index in [1.54, 1.807) is 24.1 Å². The van der Waals surface area contributed by atoms with Gasteiger partial charge >= 0.3 is 0 Å². The molecule has 5 nitrogen and oxygen atoms in total. The topological polar surface area (TPSA) is 76.3 Å². The van der Waals surface area contributed by atoms with Crippen molar-refractivity contribution in [1.82, 2.24) is 4.37 Å². The van der Waals surface area contributed by atoms with Crippen LogP contribution in [0.5, 0.6) is 0 Å². The number of amides is 2. The molecule has 2 rings (SSSR count). The van der Waals surface area contributed by atoms with Crippen LogP contribution >= 0.6 is 11.5 Å². The van der Waals surface area contributed by atoms with E-state index in [0.29, 0.717) is 6.42 Å². The van der Waals surface area contributed by atoms with Gasteiger partial charge in [0.2, 0.25) is 5.91 Å². The number of carbonyl (C=O) groups is 2. The first kappa shape index (κ1) is 12.5. The molecule has 1 aromatic heterocycles. The number of nitrogens with zero attached hydrogens (tertiary/aromatic N) is 2. The lowest BCUT2D eigenvalue weighted by atomic mass is 10.2. The van der Waals surface area contributed by atoms with E-state index in [0.717, 1.165) is 15.8 Å². The third-order valence-electron chi connectivity index (χ3n) is 2.75. The zero-order valence-corrected chi connectivity index (χ0v) is 11.0. The van der Waals surface area contributed by atoms with E-state index in [1.807, 2.05) is 13.0 Å². The van der Waals surface area contributed by atoms with E-state index in [9.17, 15) is 9.59 Å². The van der Waals surface area contributed by atoms with Crippen LogP contribution in [0.3, 0.4) is 0 Å². The molecule has 0 aliphatic rings. The molecule has 0 aliphatic heterocycles. The number of carbonyl (C=O) groups excluding carboxylic acids is 2. The number of primary amides is 1. The Hall–Kier alpha value is -1.95. The summed E-state index contributed by atoms with van der Waals surface area (Å²) in [6.07, 6.45) is 0.448. The first-order valence-corrected chi connectivity index (χ1v) is 6.27. The van der Waals surface area contributed by atoms with Crippen LogP contribution in [-0.2, 0) is 4.79 Å². The largest absolute Gasteiger partial charge is 0.364 e. The third-order valence-corrected chi connectivity index (χ3v) is 3.56. The number of fused-ring (bicyclic) bond motifs is 1. The average molecular weight is 263 g/mol. The Morgan fingerprint density at radius 1 is 1.44 bits per heavy atom. The van der Waals surface area contributed by atoms with Crippen LogP contribution in [0.25, 0.3) is 10.1 Å². The third kappa shape index (κ3) is 2.06. The van der Waals surface area contributed by atoms with Crippen molar-refractivity contribution >= 4 is 39.1 Å². The van der Waals surface area contributed by atoms with Crippen LogP contribution in [0.4, 0.5) is 5.69 Å². The number of rotatable bonds is 3. The lowest BCUT2D eigenvalue weighted by Gasteiger charge is -2.16. The highest BCUT2D eigenvalue weighted by molar-refractivity contribution is 7.13. The average Bonchev–Trinajstić information content (AvgIpc) is 2.79. The van der Waals surface area contributed by atoms with E-state index >= 15 is 0 Å². The Labute approximate surface area is 108 Å². The Kier molecular flexibility index (Phi) is 3.29. The van der Waals surface area contributed by atoms with Gasteiger partial charge in [0.15, 0.2) is 0 Å². The van der Waals surface area contributed by atoms with Crippen molar-refractivity contribution in [3.63, 3.8) is 0 Å². The maximum atomic E-state index is 11.6. The monoisotopic (exact) mass is 263 g/mol. The zero-order valence-electron chi connectivity index (χ0n) is 10.1. The second kappa shape index (κ2) is 4.73. The first-order chi connectivity index (χ1) is 8.54. The minimum Gasteiger partial charge on any atom is -0.364 e. The number of hydrogen-bond acceptors (Lipinski definition) is 4. The Balaban J connectivity index is 2.46. The first-order valence-electron chi connectivity index (χ1n) is 5.50. The molecule has 0 spiro atoms. The smallest absolute Gasteiger partial charge is 0.269 e. The fourth-order valence-electron chi connectivity index (χ4n) is 1.69. The van der Waals surface area contributed by atoms with Gasteiger partial charge in [-0.15, -0.1) is 0 Å². The number of aromatic nitrogens is 1. The molecule has 6 heteroatoms. The second-order valence-corrected chi connectivity index (χ2v) is 4.69. The minimum atomic E-state index is -0.535. The zero-order chi connectivity index (χ0) is 13.3.